The van der Waals surface area contributed by atoms with Gasteiger partial charge < -0.3 is 24.9 Å². The second-order valence-corrected chi connectivity index (χ2v) is 20.7. The van der Waals surface area contributed by atoms with Gasteiger partial charge in [0.05, 0.1) is 0 Å². The average molecular weight is 1070 g/mol. The first-order chi connectivity index (χ1) is 33.4. The van der Waals surface area contributed by atoms with E-state index in [0.717, 1.165) is 33.4 Å². The highest BCUT2D eigenvalue weighted by Crippen LogP contribution is 2.44. The van der Waals surface area contributed by atoms with Crippen LogP contribution in [0.15, 0.2) is 173 Å². The van der Waals surface area contributed by atoms with Gasteiger partial charge in [0.1, 0.15) is 33.9 Å². The first-order valence-electron chi connectivity index (χ1n) is 22.7. The summed E-state index contributed by atoms with van der Waals surface area (Å²) in [7, 11) is 0. The number of esters is 2. The van der Waals surface area contributed by atoms with Gasteiger partial charge in [-0.3, -0.25) is 14.5 Å². The molecule has 2 atom stereocenters. The van der Waals surface area contributed by atoms with Crippen LogP contribution < -0.4 is 10.6 Å². The number of fused-ring (bicyclic) bond motifs is 1. The number of ether oxygens (including phenoxy) is 2. The first kappa shape index (κ1) is 47.8. The number of halogens is 1. The lowest BCUT2D eigenvalue weighted by atomic mass is 9.77. The Morgan fingerprint density at radius 2 is 1.33 bits per heavy atom. The number of oxime groups is 1. The zero-order chi connectivity index (χ0) is 48.2. The molecule has 2 aliphatic heterocycles. The number of nitrogens with one attached hydrogen (secondary N) is 2. The van der Waals surface area contributed by atoms with Crippen molar-refractivity contribution in [3.05, 3.63) is 202 Å². The molecule has 352 valence electrons. The smallest absolute Gasteiger partial charge is 0.356 e. The Morgan fingerprint density at radius 1 is 0.812 bits per heavy atom. The molecule has 3 aliphatic rings. The Labute approximate surface area is 423 Å². The number of rotatable bonds is 16. The minimum Gasteiger partial charge on any atom is -0.457 e. The number of aromatic nitrogens is 1. The Morgan fingerprint density at radius 3 is 1.81 bits per heavy atom. The summed E-state index contributed by atoms with van der Waals surface area (Å²) in [4.78, 5) is 69.6. The summed E-state index contributed by atoms with van der Waals surface area (Å²) < 4.78 is 12.5. The van der Waals surface area contributed by atoms with Crippen LogP contribution in [0.25, 0.3) is 0 Å². The normalized spacial score (nSPS) is 17.8. The zero-order valence-corrected chi connectivity index (χ0v) is 42.0. The Bertz CT molecular complexity index is 2740. The molecule has 2 N–H and O–H groups in total. The second kappa shape index (κ2) is 20.3. The zero-order valence-electron chi connectivity index (χ0n) is 38.2. The van der Waals surface area contributed by atoms with E-state index in [9.17, 15) is 19.2 Å². The van der Waals surface area contributed by atoms with Crippen LogP contribution in [0.4, 0.5) is 5.13 Å². The van der Waals surface area contributed by atoms with E-state index in [-0.39, 0.29) is 17.1 Å². The van der Waals surface area contributed by atoms with Crippen LogP contribution in [0.3, 0.4) is 0 Å². The molecular weight excluding hydrogens is 1020 g/mol. The second-order valence-electron chi connectivity index (χ2n) is 17.9. The quantitative estimate of drug-likeness (QED) is 0.0183. The van der Waals surface area contributed by atoms with Gasteiger partial charge in [0.15, 0.2) is 16.9 Å². The highest BCUT2D eigenvalue weighted by atomic mass is 127. The van der Waals surface area contributed by atoms with Crippen LogP contribution in [0.2, 0.25) is 0 Å². The van der Waals surface area contributed by atoms with Gasteiger partial charge in [-0.1, -0.05) is 179 Å². The van der Waals surface area contributed by atoms with Crippen molar-refractivity contribution in [2.45, 2.75) is 74.3 Å². The number of anilines is 1. The maximum Gasteiger partial charge on any atom is 0.356 e. The van der Waals surface area contributed by atoms with E-state index in [1.54, 1.807) is 26.2 Å². The summed E-state index contributed by atoms with van der Waals surface area (Å²) in [5.41, 5.74) is 2.16. The number of thiazole rings is 1. The molecule has 6 aromatic rings. The van der Waals surface area contributed by atoms with Gasteiger partial charge in [-0.2, -0.15) is 0 Å². The predicted molar refractivity (Wildman–Crippen MR) is 277 cm³/mol. The molecule has 69 heavy (non-hydrogen) atoms. The fourth-order valence-corrected chi connectivity index (χ4v) is 11.7. The molecule has 2 unspecified atom stereocenters. The van der Waals surface area contributed by atoms with Crippen molar-refractivity contribution >= 4 is 80.3 Å². The van der Waals surface area contributed by atoms with E-state index in [4.69, 9.17) is 19.3 Å². The van der Waals surface area contributed by atoms with E-state index in [1.165, 1.54) is 28.0 Å². The molecule has 1 saturated heterocycles. The van der Waals surface area contributed by atoms with E-state index in [1.807, 2.05) is 115 Å². The molecule has 12 nitrogen and oxygen atoms in total. The summed E-state index contributed by atoms with van der Waals surface area (Å²) >= 11 is 4.91. The predicted octanol–water partition coefficient (Wildman–Crippen LogP) is 9.95. The third kappa shape index (κ3) is 9.81. The summed E-state index contributed by atoms with van der Waals surface area (Å²) in [5.74, 6) is -2.00. The fraction of sp³-hybridized carbons (Fsp3) is 0.259. The highest BCUT2D eigenvalue weighted by molar-refractivity contribution is 14.1. The van der Waals surface area contributed by atoms with E-state index in [0.29, 0.717) is 34.6 Å². The number of hydrogen-bond donors (Lipinski definition) is 2. The lowest BCUT2D eigenvalue weighted by molar-refractivity contribution is -0.196. The number of benzene rings is 5. The van der Waals surface area contributed by atoms with Crippen molar-refractivity contribution in [1.29, 1.82) is 0 Å². The number of alkyl halides is 1. The Balaban J connectivity index is 1.03. The third-order valence-electron chi connectivity index (χ3n) is 12.2. The Hall–Kier alpha value is -6.30. The molecule has 1 aliphatic carbocycles. The van der Waals surface area contributed by atoms with Gasteiger partial charge in [0, 0.05) is 28.4 Å². The number of carbonyl (C=O) groups is 4. The van der Waals surface area contributed by atoms with Crippen LogP contribution in [0.1, 0.15) is 79.6 Å². The number of β-lactam (4-membered cyclic amide) rings is 1. The Kier molecular flexibility index (Phi) is 14.1. The molecule has 3 heterocycles. The van der Waals surface area contributed by atoms with Crippen molar-refractivity contribution in [3.8, 4) is 0 Å². The lowest BCUT2D eigenvalue weighted by Crippen LogP contribution is -2.71. The largest absolute Gasteiger partial charge is 0.457 e. The minimum atomic E-state index is -1.41. The van der Waals surface area contributed by atoms with E-state index < -0.39 is 58.0 Å². The molecule has 0 bridgehead atoms. The van der Waals surface area contributed by atoms with Crippen molar-refractivity contribution in [3.63, 3.8) is 0 Å². The van der Waals surface area contributed by atoms with Gasteiger partial charge in [-0.15, -0.1) is 23.1 Å². The maximum absolute atomic E-state index is 14.8. The molecule has 5 aromatic carbocycles. The molecule has 1 aromatic heterocycles. The summed E-state index contributed by atoms with van der Waals surface area (Å²) in [6.45, 7) is 5.33. The first-order valence-corrected chi connectivity index (χ1v) is 26.1. The molecule has 0 radical (unpaired) electrons. The number of amides is 2. The van der Waals surface area contributed by atoms with Gasteiger partial charge in [-0.25, -0.2) is 14.6 Å². The summed E-state index contributed by atoms with van der Waals surface area (Å²) in [6, 6.07) is 48.1. The SMILES string of the molecule is CC(C)(C)OC(=O)C1(O/N=C(\C(=O)NC2C(=O)N3C(C(=O)OC(c4ccccc4)c4ccccc4)=C(CI)CSC23)c2csc(NC(c3ccccc3)(c3ccccc3)c3ccccc3)n2)CCC1. The van der Waals surface area contributed by atoms with Crippen molar-refractivity contribution in [2.24, 2.45) is 5.16 Å². The monoisotopic (exact) mass is 1070 g/mol. The topological polar surface area (TPSA) is 149 Å². The van der Waals surface area contributed by atoms with Crippen molar-refractivity contribution in [1.82, 2.24) is 15.2 Å². The van der Waals surface area contributed by atoms with Crippen molar-refractivity contribution in [2.75, 3.05) is 15.5 Å². The molecule has 2 amide bonds. The van der Waals surface area contributed by atoms with Crippen LogP contribution >= 0.6 is 45.7 Å². The highest BCUT2D eigenvalue weighted by Gasteiger charge is 2.55. The molecule has 1 saturated carbocycles. The van der Waals surface area contributed by atoms with E-state index in [2.05, 4.69) is 74.8 Å². The maximum atomic E-state index is 14.8. The summed E-state index contributed by atoms with van der Waals surface area (Å²) in [6.07, 6.45) is 0.651. The number of hydrogen-bond acceptors (Lipinski definition) is 12. The van der Waals surface area contributed by atoms with E-state index >= 15 is 0 Å². The van der Waals surface area contributed by atoms with Gasteiger partial charge in [0.2, 0.25) is 5.60 Å². The van der Waals surface area contributed by atoms with Crippen molar-refractivity contribution < 1.29 is 33.5 Å². The molecule has 9 rings (SSSR count). The van der Waals surface area contributed by atoms with Crippen LogP contribution in [-0.4, -0.2) is 72.1 Å². The molecule has 15 heteroatoms. The number of carbonyl (C=O) groups excluding carboxylic acids is 4. The number of thioether (sulfide) groups is 1. The van der Waals surface area contributed by atoms with Gasteiger partial charge >= 0.3 is 11.9 Å². The fourth-order valence-electron chi connectivity index (χ4n) is 8.65. The van der Waals surface area contributed by atoms with Gasteiger partial charge in [0.25, 0.3) is 11.8 Å². The van der Waals surface area contributed by atoms with Gasteiger partial charge in [-0.05, 0) is 60.6 Å². The molecule has 2 fully saturated rings. The van der Waals surface area contributed by atoms with Crippen LogP contribution in [-0.2, 0) is 39.0 Å². The molecule has 0 spiro atoms. The standard InChI is InChI=1S/C54H50IN5O7S2/c1-52(2,3)66-50(64)53(30-19-31-53)67-59-42(41-34-69-51(56-41)58-54(38-24-13-6-14-25-38,39-26-15-7-16-27-39)40-28-17-8-18-29-40)46(61)57-43-47(62)60-44(37(32-55)33-68-48(43)60)49(63)65-45(35-20-9-4-10-21-35)36-22-11-5-12-23-36/h4-18,20-29,34,43,45,48H,19,30-33H2,1-3H3,(H,56,58)(H,57,61)/b59-42-. The number of nitrogens with zero attached hydrogens (tertiary/aromatic N) is 3. The van der Waals surface area contributed by atoms with Crippen LogP contribution in [0.5, 0.6) is 0 Å². The third-order valence-corrected chi connectivity index (χ3v) is 15.3. The minimum absolute atomic E-state index is 0.158. The average Bonchev–Trinajstić information content (AvgIpc) is 3.82. The lowest BCUT2D eigenvalue weighted by Gasteiger charge is -2.49. The molecular formula is C54H50IN5O7S2. The summed E-state index contributed by atoms with van der Waals surface area (Å²) in [5, 5.41) is 12.6. The van der Waals surface area contributed by atoms with Crippen LogP contribution in [0, 0.1) is 0 Å².